The maximum absolute atomic E-state index is 10.5. The second-order valence-electron chi connectivity index (χ2n) is 8.76. The van der Waals surface area contributed by atoms with Crippen LogP contribution in [0.25, 0.3) is 0 Å². The Morgan fingerprint density at radius 1 is 1.23 bits per heavy atom. The van der Waals surface area contributed by atoms with Gasteiger partial charge in [-0.15, -0.1) is 0 Å². The van der Waals surface area contributed by atoms with Crippen molar-refractivity contribution >= 4 is 5.69 Å². The molecule has 1 fully saturated rings. The van der Waals surface area contributed by atoms with Crippen LogP contribution in [0.4, 0.5) is 5.69 Å². The number of anilines is 1. The minimum Gasteiger partial charge on any atom is -0.505 e. The van der Waals surface area contributed by atoms with Gasteiger partial charge in [-0.05, 0) is 65.5 Å². The van der Waals surface area contributed by atoms with Crippen molar-refractivity contribution in [1.82, 2.24) is 0 Å². The molecule has 0 aliphatic heterocycles. The number of nitrogens with two attached hydrogens (primary N) is 1. The summed E-state index contributed by atoms with van der Waals surface area (Å²) in [4.78, 5) is 0. The van der Waals surface area contributed by atoms with Crippen LogP contribution in [0.1, 0.15) is 82.9 Å². The van der Waals surface area contributed by atoms with Gasteiger partial charge >= 0.3 is 0 Å². The molecule has 2 aliphatic rings. The minimum atomic E-state index is 0.209. The van der Waals surface area contributed by atoms with Crippen LogP contribution in [0.5, 0.6) is 5.75 Å². The number of fused-ring (bicyclic) bond motifs is 3. The Balaban J connectivity index is 2.23. The zero-order valence-corrected chi connectivity index (χ0v) is 14.8. The van der Waals surface area contributed by atoms with Gasteiger partial charge in [-0.2, -0.15) is 0 Å². The largest absolute Gasteiger partial charge is 0.505 e. The standard InChI is InChI=1S/C20H31NO/c1-12(2)17-13-7-8-16-19(3,4)9-6-10-20(16,5)14(13)11-15(21)18(17)22/h11-12,16,22H,6-10,21H2,1-5H3/t16-,20+/m0/s1. The van der Waals surface area contributed by atoms with E-state index in [0.29, 0.717) is 28.7 Å². The van der Waals surface area contributed by atoms with Gasteiger partial charge in [-0.1, -0.05) is 41.0 Å². The number of nitrogen functional groups attached to an aromatic ring is 1. The lowest BCUT2D eigenvalue weighted by Crippen LogP contribution is -2.48. The predicted molar refractivity (Wildman–Crippen MR) is 93.4 cm³/mol. The van der Waals surface area contributed by atoms with Crippen LogP contribution in [-0.4, -0.2) is 5.11 Å². The Morgan fingerprint density at radius 2 is 1.91 bits per heavy atom. The topological polar surface area (TPSA) is 46.2 Å². The molecule has 2 nitrogen and oxygen atoms in total. The van der Waals surface area contributed by atoms with Gasteiger partial charge in [0.25, 0.3) is 0 Å². The Labute approximate surface area is 135 Å². The molecule has 3 N–H and O–H groups in total. The third-order valence-corrected chi connectivity index (χ3v) is 6.58. The molecule has 0 spiro atoms. The van der Waals surface area contributed by atoms with Crippen LogP contribution in [0.3, 0.4) is 0 Å². The molecule has 22 heavy (non-hydrogen) atoms. The van der Waals surface area contributed by atoms with Crippen molar-refractivity contribution in [3.05, 3.63) is 22.8 Å². The van der Waals surface area contributed by atoms with Crippen LogP contribution in [-0.2, 0) is 11.8 Å². The van der Waals surface area contributed by atoms with Crippen LogP contribution in [0.2, 0.25) is 0 Å². The summed E-state index contributed by atoms with van der Waals surface area (Å²) in [5.74, 6) is 1.35. The summed E-state index contributed by atoms with van der Waals surface area (Å²) in [5.41, 5.74) is 11.3. The number of rotatable bonds is 1. The van der Waals surface area contributed by atoms with Crippen molar-refractivity contribution in [1.29, 1.82) is 0 Å². The summed E-state index contributed by atoms with van der Waals surface area (Å²) in [7, 11) is 0. The fraction of sp³-hybridized carbons (Fsp3) is 0.700. The van der Waals surface area contributed by atoms with Crippen molar-refractivity contribution in [2.75, 3.05) is 5.73 Å². The summed E-state index contributed by atoms with van der Waals surface area (Å²) < 4.78 is 0. The number of hydrogen-bond donors (Lipinski definition) is 2. The smallest absolute Gasteiger partial charge is 0.142 e. The maximum atomic E-state index is 10.5. The molecule has 0 saturated heterocycles. The number of benzene rings is 1. The van der Waals surface area contributed by atoms with E-state index in [1.54, 1.807) is 0 Å². The monoisotopic (exact) mass is 301 g/mol. The summed E-state index contributed by atoms with van der Waals surface area (Å²) in [6, 6.07) is 2.09. The normalized spacial score (nSPS) is 30.0. The average Bonchev–Trinajstić information content (AvgIpc) is 2.39. The van der Waals surface area contributed by atoms with Gasteiger partial charge in [0.2, 0.25) is 0 Å². The molecule has 2 atom stereocenters. The van der Waals surface area contributed by atoms with Crippen LogP contribution >= 0.6 is 0 Å². The quantitative estimate of drug-likeness (QED) is 0.558. The van der Waals surface area contributed by atoms with E-state index in [1.165, 1.54) is 36.8 Å². The Bertz CT molecular complexity index is 602. The van der Waals surface area contributed by atoms with E-state index < -0.39 is 0 Å². The van der Waals surface area contributed by atoms with Crippen molar-refractivity contribution in [3.63, 3.8) is 0 Å². The highest BCUT2D eigenvalue weighted by atomic mass is 16.3. The molecule has 0 radical (unpaired) electrons. The van der Waals surface area contributed by atoms with Gasteiger partial charge in [0.05, 0.1) is 5.69 Å². The second-order valence-corrected chi connectivity index (χ2v) is 8.76. The number of aromatic hydroxyl groups is 1. The first-order valence-corrected chi connectivity index (χ1v) is 8.83. The molecule has 122 valence electrons. The van der Waals surface area contributed by atoms with E-state index in [0.717, 1.165) is 12.0 Å². The van der Waals surface area contributed by atoms with Crippen molar-refractivity contribution in [2.24, 2.45) is 11.3 Å². The molecule has 0 aromatic heterocycles. The molecule has 1 aromatic carbocycles. The summed E-state index contributed by atoms with van der Waals surface area (Å²) >= 11 is 0. The fourth-order valence-electron chi connectivity index (χ4n) is 5.60. The Hall–Kier alpha value is -1.18. The Morgan fingerprint density at radius 3 is 2.55 bits per heavy atom. The van der Waals surface area contributed by atoms with Gasteiger partial charge in [0.1, 0.15) is 5.75 Å². The van der Waals surface area contributed by atoms with E-state index in [2.05, 4.69) is 40.7 Å². The zero-order valence-electron chi connectivity index (χ0n) is 14.8. The highest BCUT2D eigenvalue weighted by molar-refractivity contribution is 5.64. The molecule has 2 aliphatic carbocycles. The van der Waals surface area contributed by atoms with Gasteiger partial charge < -0.3 is 10.8 Å². The summed E-state index contributed by atoms with van der Waals surface area (Å²) in [6.07, 6.45) is 6.18. The molecule has 3 rings (SSSR count). The first kappa shape index (κ1) is 15.7. The summed E-state index contributed by atoms with van der Waals surface area (Å²) in [6.45, 7) is 11.6. The molecule has 1 saturated carbocycles. The van der Waals surface area contributed by atoms with E-state index >= 15 is 0 Å². The molecule has 0 bridgehead atoms. The maximum Gasteiger partial charge on any atom is 0.142 e. The average molecular weight is 301 g/mol. The van der Waals surface area contributed by atoms with Gasteiger partial charge in [-0.25, -0.2) is 0 Å². The molecule has 1 aromatic rings. The van der Waals surface area contributed by atoms with E-state index in [9.17, 15) is 5.11 Å². The molecule has 0 heterocycles. The first-order valence-electron chi connectivity index (χ1n) is 8.83. The zero-order chi connectivity index (χ0) is 16.3. The third kappa shape index (κ3) is 2.06. The lowest BCUT2D eigenvalue weighted by Gasteiger charge is -2.55. The van der Waals surface area contributed by atoms with E-state index in [1.807, 2.05) is 0 Å². The number of phenolic OH excluding ortho intramolecular Hbond substituents is 1. The minimum absolute atomic E-state index is 0.209. The Kier molecular flexibility index (Phi) is 3.50. The molecule has 0 amide bonds. The van der Waals surface area contributed by atoms with Crippen LogP contribution in [0, 0.1) is 11.3 Å². The number of phenols is 1. The lowest BCUT2D eigenvalue weighted by molar-refractivity contribution is 0.0405. The van der Waals surface area contributed by atoms with Crippen molar-refractivity contribution < 1.29 is 5.11 Å². The molecule has 2 heteroatoms. The third-order valence-electron chi connectivity index (χ3n) is 6.58. The van der Waals surface area contributed by atoms with Crippen molar-refractivity contribution in [3.8, 4) is 5.75 Å². The van der Waals surface area contributed by atoms with Crippen LogP contribution in [0.15, 0.2) is 6.07 Å². The number of hydrogen-bond acceptors (Lipinski definition) is 2. The lowest BCUT2D eigenvalue weighted by atomic mass is 9.50. The summed E-state index contributed by atoms with van der Waals surface area (Å²) in [5, 5.41) is 10.5. The molecular weight excluding hydrogens is 270 g/mol. The first-order chi connectivity index (χ1) is 10.2. The van der Waals surface area contributed by atoms with E-state index in [4.69, 9.17) is 5.73 Å². The molecular formula is C20H31NO. The highest BCUT2D eigenvalue weighted by Crippen LogP contribution is 2.58. The fourth-order valence-corrected chi connectivity index (χ4v) is 5.60. The van der Waals surface area contributed by atoms with Crippen LogP contribution < -0.4 is 5.73 Å². The second kappa shape index (κ2) is 4.91. The highest BCUT2D eigenvalue weighted by Gasteiger charge is 2.50. The molecule has 0 unspecified atom stereocenters. The van der Waals surface area contributed by atoms with Gasteiger partial charge in [-0.3, -0.25) is 0 Å². The van der Waals surface area contributed by atoms with Crippen molar-refractivity contribution in [2.45, 2.75) is 78.1 Å². The van der Waals surface area contributed by atoms with Gasteiger partial charge in [0, 0.05) is 5.56 Å². The van der Waals surface area contributed by atoms with Gasteiger partial charge in [0.15, 0.2) is 0 Å². The predicted octanol–water partition coefficient (Wildman–Crippen LogP) is 5.13. The van der Waals surface area contributed by atoms with E-state index in [-0.39, 0.29) is 5.41 Å². The SMILES string of the molecule is CC(C)c1c(O)c(N)cc2c1CC[C@H]1C(C)(C)CCC[C@]21C.